The van der Waals surface area contributed by atoms with E-state index in [1.165, 1.54) is 17.0 Å². The highest BCUT2D eigenvalue weighted by molar-refractivity contribution is 9.10. The van der Waals surface area contributed by atoms with Crippen molar-refractivity contribution in [1.82, 2.24) is 4.90 Å². The molecule has 1 aliphatic rings. The molecule has 31 heavy (non-hydrogen) atoms. The predicted octanol–water partition coefficient (Wildman–Crippen LogP) is 6.40. The maximum Gasteiger partial charge on any atom is 0.293 e. The van der Waals surface area contributed by atoms with E-state index in [9.17, 15) is 14.0 Å². The molecule has 2 amide bonds. The van der Waals surface area contributed by atoms with Gasteiger partial charge in [0, 0.05) is 6.54 Å². The molecule has 164 valence electrons. The molecule has 1 saturated heterocycles. The molecule has 0 unspecified atom stereocenters. The highest BCUT2D eigenvalue weighted by atomic mass is 79.9. The van der Waals surface area contributed by atoms with Gasteiger partial charge in [0.05, 0.1) is 16.0 Å². The zero-order valence-corrected chi connectivity index (χ0v) is 19.7. The van der Waals surface area contributed by atoms with Crippen molar-refractivity contribution in [2.75, 3.05) is 13.2 Å². The van der Waals surface area contributed by atoms with Gasteiger partial charge in [0.1, 0.15) is 12.4 Å². The Morgan fingerprint density at radius 1 is 1.13 bits per heavy atom. The number of ether oxygens (including phenoxy) is 2. The lowest BCUT2D eigenvalue weighted by Gasteiger charge is -2.15. The van der Waals surface area contributed by atoms with Crippen LogP contribution in [0.3, 0.4) is 0 Å². The van der Waals surface area contributed by atoms with E-state index < -0.39 is 0 Å². The molecule has 0 atom stereocenters. The van der Waals surface area contributed by atoms with Gasteiger partial charge in [0.15, 0.2) is 11.5 Å². The molecule has 0 radical (unpaired) electrons. The quantitative estimate of drug-likeness (QED) is 0.367. The molecular formula is C23H23BrFNO4S. The van der Waals surface area contributed by atoms with Crippen molar-refractivity contribution >= 4 is 44.9 Å². The lowest BCUT2D eigenvalue weighted by atomic mass is 10.1. The second-order valence-corrected chi connectivity index (χ2v) is 8.71. The number of carbonyl (C=O) groups excluding carboxylic acids is 2. The van der Waals surface area contributed by atoms with Gasteiger partial charge < -0.3 is 9.47 Å². The third kappa shape index (κ3) is 5.89. The second kappa shape index (κ2) is 10.8. The first-order chi connectivity index (χ1) is 14.9. The SMILES string of the molecule is CCCCN1C(=O)S/C(=C\c2cc(Br)c(OCc3ccc(F)cc3)c(OCC)c2)C1=O. The van der Waals surface area contributed by atoms with Crippen LogP contribution in [0.4, 0.5) is 9.18 Å². The number of thioether (sulfide) groups is 1. The number of halogens is 2. The molecule has 2 aromatic rings. The summed E-state index contributed by atoms with van der Waals surface area (Å²) in [5.74, 6) is 0.451. The van der Waals surface area contributed by atoms with Crippen LogP contribution in [0.25, 0.3) is 6.08 Å². The standard InChI is InChI=1S/C23H23BrFNO4S/c1-3-5-10-26-22(27)20(31-23(26)28)13-16-11-18(24)21(19(12-16)29-4-2)30-14-15-6-8-17(25)9-7-15/h6-9,11-13H,3-5,10,14H2,1-2H3/b20-13-. The molecule has 3 rings (SSSR count). The minimum atomic E-state index is -0.302. The molecule has 2 aromatic carbocycles. The lowest BCUT2D eigenvalue weighted by molar-refractivity contribution is -0.122. The summed E-state index contributed by atoms with van der Waals surface area (Å²) in [6.45, 7) is 4.98. The molecule has 0 spiro atoms. The summed E-state index contributed by atoms with van der Waals surface area (Å²) >= 11 is 4.46. The number of unbranched alkanes of at least 4 members (excludes halogenated alkanes) is 1. The van der Waals surface area contributed by atoms with Crippen molar-refractivity contribution in [3.05, 3.63) is 62.7 Å². The van der Waals surface area contributed by atoms with E-state index in [4.69, 9.17) is 9.47 Å². The highest BCUT2D eigenvalue weighted by Crippen LogP contribution is 2.39. The smallest absolute Gasteiger partial charge is 0.293 e. The Kier molecular flexibility index (Phi) is 8.15. The maximum absolute atomic E-state index is 13.1. The Labute approximate surface area is 193 Å². The van der Waals surface area contributed by atoms with Crippen molar-refractivity contribution in [2.45, 2.75) is 33.3 Å². The number of carbonyl (C=O) groups is 2. The van der Waals surface area contributed by atoms with Crippen LogP contribution in [0.5, 0.6) is 11.5 Å². The van der Waals surface area contributed by atoms with Gasteiger partial charge >= 0.3 is 0 Å². The maximum atomic E-state index is 13.1. The molecule has 0 aromatic heterocycles. The molecule has 8 heteroatoms. The summed E-state index contributed by atoms with van der Waals surface area (Å²) in [5.41, 5.74) is 1.53. The van der Waals surface area contributed by atoms with E-state index in [0.717, 1.165) is 30.2 Å². The van der Waals surface area contributed by atoms with Crippen LogP contribution in [0.15, 0.2) is 45.8 Å². The monoisotopic (exact) mass is 507 g/mol. The number of hydrogen-bond donors (Lipinski definition) is 0. The summed E-state index contributed by atoms with van der Waals surface area (Å²) in [4.78, 5) is 26.4. The fourth-order valence-electron chi connectivity index (χ4n) is 2.97. The molecule has 0 saturated carbocycles. The van der Waals surface area contributed by atoms with E-state index in [2.05, 4.69) is 15.9 Å². The summed E-state index contributed by atoms with van der Waals surface area (Å²) in [6.07, 6.45) is 3.38. The Hall–Kier alpha value is -2.32. The molecule has 1 aliphatic heterocycles. The van der Waals surface area contributed by atoms with Gasteiger partial charge in [-0.05, 0) is 82.5 Å². The number of nitrogens with zero attached hydrogens (tertiary/aromatic N) is 1. The Morgan fingerprint density at radius 2 is 1.87 bits per heavy atom. The van der Waals surface area contributed by atoms with Gasteiger partial charge in [-0.15, -0.1) is 0 Å². The Morgan fingerprint density at radius 3 is 2.55 bits per heavy atom. The van der Waals surface area contributed by atoms with Crippen molar-refractivity contribution in [1.29, 1.82) is 0 Å². The van der Waals surface area contributed by atoms with Crippen molar-refractivity contribution in [3.8, 4) is 11.5 Å². The van der Waals surface area contributed by atoms with Gasteiger partial charge in [-0.1, -0.05) is 25.5 Å². The molecule has 0 aliphatic carbocycles. The summed E-state index contributed by atoms with van der Waals surface area (Å²) in [6, 6.07) is 9.66. The van der Waals surface area contributed by atoms with Gasteiger partial charge in [0.25, 0.3) is 11.1 Å². The van der Waals surface area contributed by atoms with Crippen molar-refractivity contribution in [3.63, 3.8) is 0 Å². The zero-order valence-electron chi connectivity index (χ0n) is 17.3. The molecule has 1 heterocycles. The third-order valence-corrected chi connectivity index (χ3v) is 6.03. The number of amides is 2. The molecule has 0 bridgehead atoms. The van der Waals surface area contributed by atoms with Crippen LogP contribution in [-0.2, 0) is 11.4 Å². The summed E-state index contributed by atoms with van der Waals surface area (Å²) in [7, 11) is 0. The topological polar surface area (TPSA) is 55.8 Å². The molecule has 0 N–H and O–H groups in total. The lowest BCUT2D eigenvalue weighted by Crippen LogP contribution is -2.29. The molecular weight excluding hydrogens is 485 g/mol. The van der Waals surface area contributed by atoms with Crippen molar-refractivity contribution < 1.29 is 23.5 Å². The second-order valence-electron chi connectivity index (χ2n) is 6.87. The Balaban J connectivity index is 1.82. The summed E-state index contributed by atoms with van der Waals surface area (Å²) in [5, 5.41) is -0.243. The highest BCUT2D eigenvalue weighted by Gasteiger charge is 2.34. The van der Waals surface area contributed by atoms with Crippen molar-refractivity contribution in [2.24, 2.45) is 0 Å². The van der Waals surface area contributed by atoms with E-state index >= 15 is 0 Å². The van der Waals surface area contributed by atoms with Crippen LogP contribution in [0, 0.1) is 5.82 Å². The molecule has 1 fully saturated rings. The first-order valence-corrected chi connectivity index (χ1v) is 11.6. The minimum Gasteiger partial charge on any atom is -0.490 e. The van der Waals surface area contributed by atoms with E-state index in [-0.39, 0.29) is 23.6 Å². The normalized spacial score (nSPS) is 15.1. The van der Waals surface area contributed by atoms with Gasteiger partial charge in [-0.3, -0.25) is 14.5 Å². The first-order valence-electron chi connectivity index (χ1n) is 10.0. The summed E-state index contributed by atoms with van der Waals surface area (Å²) < 4.78 is 25.4. The van der Waals surface area contributed by atoms with Crippen LogP contribution in [0.2, 0.25) is 0 Å². The molecule has 5 nitrogen and oxygen atoms in total. The predicted molar refractivity (Wildman–Crippen MR) is 124 cm³/mol. The van der Waals surface area contributed by atoms with E-state index in [0.29, 0.717) is 39.6 Å². The zero-order chi connectivity index (χ0) is 22.4. The number of hydrogen-bond acceptors (Lipinski definition) is 5. The van der Waals surface area contributed by atoms with Crippen LogP contribution >= 0.6 is 27.7 Å². The fourth-order valence-corrected chi connectivity index (χ4v) is 4.41. The van der Waals surface area contributed by atoms with Crippen LogP contribution in [-0.4, -0.2) is 29.2 Å². The van der Waals surface area contributed by atoms with E-state index in [1.54, 1.807) is 24.3 Å². The average molecular weight is 508 g/mol. The van der Waals surface area contributed by atoms with Gasteiger partial charge in [-0.25, -0.2) is 4.39 Å². The largest absolute Gasteiger partial charge is 0.490 e. The van der Waals surface area contributed by atoms with Crippen LogP contribution in [0.1, 0.15) is 37.8 Å². The number of imide groups is 1. The van der Waals surface area contributed by atoms with Gasteiger partial charge in [-0.2, -0.15) is 0 Å². The fraction of sp³-hybridized carbons (Fsp3) is 0.304. The van der Waals surface area contributed by atoms with Crippen LogP contribution < -0.4 is 9.47 Å². The van der Waals surface area contributed by atoms with E-state index in [1.807, 2.05) is 19.9 Å². The first kappa shape index (κ1) is 23.3. The minimum absolute atomic E-state index is 0.243. The number of benzene rings is 2. The number of rotatable bonds is 9. The third-order valence-electron chi connectivity index (χ3n) is 4.53. The van der Waals surface area contributed by atoms with Gasteiger partial charge in [0.2, 0.25) is 0 Å². The average Bonchev–Trinajstić information content (AvgIpc) is 3.00. The Bertz CT molecular complexity index is 994.